The third-order valence-corrected chi connectivity index (χ3v) is 5.37. The molecule has 0 spiro atoms. The SMILES string of the molecule is CCC(=O)C(=O)O.CCOCCNC(=O)c1ccccc1-c1cccc(-c2ccccc2)c1CC. The molecule has 0 bridgehead atoms. The lowest BCUT2D eigenvalue weighted by Crippen LogP contribution is -2.27. The van der Waals surface area contributed by atoms with Gasteiger partial charge in [0.1, 0.15) is 0 Å². The number of benzene rings is 3. The van der Waals surface area contributed by atoms with Crippen molar-refractivity contribution in [2.24, 2.45) is 0 Å². The molecular formula is C29H33NO5. The van der Waals surface area contributed by atoms with Crippen LogP contribution < -0.4 is 5.32 Å². The summed E-state index contributed by atoms with van der Waals surface area (Å²) in [6, 6.07) is 24.5. The second-order valence-corrected chi connectivity index (χ2v) is 7.63. The van der Waals surface area contributed by atoms with Gasteiger partial charge >= 0.3 is 5.97 Å². The van der Waals surface area contributed by atoms with Crippen molar-refractivity contribution in [1.82, 2.24) is 5.32 Å². The molecular weight excluding hydrogens is 442 g/mol. The standard InChI is InChI=1S/C25H27NO2.C4H6O3/c1-3-20-21(19-11-6-5-7-12-19)15-10-16-22(20)23-13-8-9-14-24(23)25(27)26-17-18-28-4-2;1-2-3(5)4(6)7/h5-16H,3-4,17-18H2,1-2H3,(H,26,27);2H2,1H3,(H,6,7). The van der Waals surface area contributed by atoms with Crippen LogP contribution in [-0.4, -0.2) is 42.5 Å². The summed E-state index contributed by atoms with van der Waals surface area (Å²) >= 11 is 0. The zero-order chi connectivity index (χ0) is 25.6. The number of carboxylic acids is 1. The molecule has 3 aromatic rings. The van der Waals surface area contributed by atoms with E-state index < -0.39 is 11.8 Å². The highest BCUT2D eigenvalue weighted by Gasteiger charge is 2.16. The van der Waals surface area contributed by atoms with E-state index in [2.05, 4.69) is 54.7 Å². The molecule has 2 N–H and O–H groups in total. The lowest BCUT2D eigenvalue weighted by molar-refractivity contribution is -0.148. The quantitative estimate of drug-likeness (QED) is 0.303. The van der Waals surface area contributed by atoms with E-state index in [1.165, 1.54) is 23.6 Å². The van der Waals surface area contributed by atoms with E-state index in [0.717, 1.165) is 17.5 Å². The fourth-order valence-corrected chi connectivity index (χ4v) is 3.65. The van der Waals surface area contributed by atoms with Crippen molar-refractivity contribution >= 4 is 17.7 Å². The largest absolute Gasteiger partial charge is 0.476 e. The summed E-state index contributed by atoms with van der Waals surface area (Å²) in [5.74, 6) is -2.15. The van der Waals surface area contributed by atoms with Gasteiger partial charge in [0.2, 0.25) is 5.78 Å². The van der Waals surface area contributed by atoms with Gasteiger partial charge in [0.25, 0.3) is 5.91 Å². The molecule has 0 aliphatic heterocycles. The van der Waals surface area contributed by atoms with Crippen molar-refractivity contribution in [3.05, 3.63) is 83.9 Å². The van der Waals surface area contributed by atoms with Gasteiger partial charge in [-0.1, -0.05) is 80.6 Å². The number of aliphatic carboxylic acids is 1. The number of carbonyl (C=O) groups is 3. The average Bonchev–Trinajstić information content (AvgIpc) is 2.90. The van der Waals surface area contributed by atoms with Crippen LogP contribution in [0.3, 0.4) is 0 Å². The summed E-state index contributed by atoms with van der Waals surface area (Å²) in [7, 11) is 0. The first-order valence-corrected chi connectivity index (χ1v) is 11.8. The predicted molar refractivity (Wildman–Crippen MR) is 138 cm³/mol. The van der Waals surface area contributed by atoms with E-state index in [-0.39, 0.29) is 12.3 Å². The zero-order valence-electron chi connectivity index (χ0n) is 20.5. The number of Topliss-reactive ketones (excluding diaryl/α,β-unsaturated/α-hetero) is 1. The highest BCUT2D eigenvalue weighted by molar-refractivity contribution is 6.32. The van der Waals surface area contributed by atoms with E-state index >= 15 is 0 Å². The van der Waals surface area contributed by atoms with Gasteiger partial charge in [-0.25, -0.2) is 4.79 Å². The number of carbonyl (C=O) groups excluding carboxylic acids is 2. The third kappa shape index (κ3) is 7.90. The Morgan fingerprint density at radius 2 is 1.43 bits per heavy atom. The number of rotatable bonds is 10. The summed E-state index contributed by atoms with van der Waals surface area (Å²) in [5.41, 5.74) is 6.43. The van der Waals surface area contributed by atoms with Gasteiger partial charge in [-0.2, -0.15) is 0 Å². The number of hydrogen-bond acceptors (Lipinski definition) is 4. The molecule has 0 aliphatic rings. The topological polar surface area (TPSA) is 92.7 Å². The highest BCUT2D eigenvalue weighted by Crippen LogP contribution is 2.34. The normalized spacial score (nSPS) is 10.1. The van der Waals surface area contributed by atoms with Crippen LogP contribution in [0, 0.1) is 0 Å². The molecule has 184 valence electrons. The molecule has 0 saturated carbocycles. The minimum atomic E-state index is -1.34. The van der Waals surface area contributed by atoms with Gasteiger partial charge in [0, 0.05) is 25.1 Å². The molecule has 0 fully saturated rings. The Balaban J connectivity index is 0.000000540. The number of ether oxygens (including phenoxy) is 1. The summed E-state index contributed by atoms with van der Waals surface area (Å²) < 4.78 is 5.32. The number of nitrogens with one attached hydrogen (secondary N) is 1. The predicted octanol–water partition coefficient (Wildman–Crippen LogP) is 5.40. The van der Waals surface area contributed by atoms with Crippen molar-refractivity contribution in [2.45, 2.75) is 33.6 Å². The Bertz CT molecular complexity index is 1120. The first-order chi connectivity index (χ1) is 16.9. The minimum absolute atomic E-state index is 0.0672. The molecule has 3 aromatic carbocycles. The Kier molecular flexibility index (Phi) is 11.4. The van der Waals surface area contributed by atoms with Crippen LogP contribution in [0.15, 0.2) is 72.8 Å². The highest BCUT2D eigenvalue weighted by atomic mass is 16.5. The lowest BCUT2D eigenvalue weighted by Gasteiger charge is -2.17. The van der Waals surface area contributed by atoms with Crippen LogP contribution in [0.1, 0.15) is 43.1 Å². The molecule has 0 atom stereocenters. The molecule has 0 unspecified atom stereocenters. The van der Waals surface area contributed by atoms with Crippen molar-refractivity contribution in [2.75, 3.05) is 19.8 Å². The Morgan fingerprint density at radius 3 is 2.03 bits per heavy atom. The summed E-state index contributed by atoms with van der Waals surface area (Å²) in [6.45, 7) is 7.30. The van der Waals surface area contributed by atoms with Crippen molar-refractivity contribution in [1.29, 1.82) is 0 Å². The molecule has 0 radical (unpaired) electrons. The second kappa shape index (κ2) is 14.5. The molecule has 6 heteroatoms. The van der Waals surface area contributed by atoms with Gasteiger partial charge in [0.15, 0.2) is 0 Å². The van der Waals surface area contributed by atoms with Crippen LogP contribution in [0.5, 0.6) is 0 Å². The van der Waals surface area contributed by atoms with E-state index in [0.29, 0.717) is 25.3 Å². The van der Waals surface area contributed by atoms with Crippen LogP contribution in [0.2, 0.25) is 0 Å². The number of amides is 1. The Morgan fingerprint density at radius 1 is 0.800 bits per heavy atom. The fourth-order valence-electron chi connectivity index (χ4n) is 3.65. The maximum Gasteiger partial charge on any atom is 0.372 e. The summed E-state index contributed by atoms with van der Waals surface area (Å²) in [5, 5.41) is 10.8. The van der Waals surface area contributed by atoms with Crippen molar-refractivity contribution < 1.29 is 24.2 Å². The molecule has 3 rings (SSSR count). The maximum absolute atomic E-state index is 12.8. The fraction of sp³-hybridized carbons (Fsp3) is 0.276. The smallest absolute Gasteiger partial charge is 0.372 e. The van der Waals surface area contributed by atoms with Crippen molar-refractivity contribution in [3.8, 4) is 22.3 Å². The van der Waals surface area contributed by atoms with E-state index in [1.807, 2.05) is 37.3 Å². The molecule has 6 nitrogen and oxygen atoms in total. The lowest BCUT2D eigenvalue weighted by atomic mass is 9.88. The van der Waals surface area contributed by atoms with Crippen LogP contribution in [0.25, 0.3) is 22.3 Å². The van der Waals surface area contributed by atoms with E-state index in [9.17, 15) is 14.4 Å². The van der Waals surface area contributed by atoms with Gasteiger partial charge in [-0.15, -0.1) is 0 Å². The van der Waals surface area contributed by atoms with Crippen LogP contribution in [0.4, 0.5) is 0 Å². The first kappa shape index (κ1) is 27.5. The average molecular weight is 476 g/mol. The Hall–Kier alpha value is -3.77. The summed E-state index contributed by atoms with van der Waals surface area (Å²) in [4.78, 5) is 32.3. The number of hydrogen-bond donors (Lipinski definition) is 2. The molecule has 0 aromatic heterocycles. The molecule has 0 aliphatic carbocycles. The van der Waals surface area contributed by atoms with Crippen LogP contribution in [-0.2, 0) is 20.7 Å². The van der Waals surface area contributed by atoms with Gasteiger partial charge in [-0.3, -0.25) is 9.59 Å². The van der Waals surface area contributed by atoms with Crippen LogP contribution >= 0.6 is 0 Å². The molecule has 0 saturated heterocycles. The van der Waals surface area contributed by atoms with Gasteiger partial charge < -0.3 is 15.2 Å². The van der Waals surface area contributed by atoms with Gasteiger partial charge in [0.05, 0.1) is 6.61 Å². The van der Waals surface area contributed by atoms with Crippen molar-refractivity contribution in [3.63, 3.8) is 0 Å². The number of carboxylic acid groups (broad SMARTS) is 1. The first-order valence-electron chi connectivity index (χ1n) is 11.8. The summed E-state index contributed by atoms with van der Waals surface area (Å²) in [6.07, 6.45) is 0.968. The maximum atomic E-state index is 12.8. The molecule has 1 amide bonds. The van der Waals surface area contributed by atoms with Gasteiger partial charge in [-0.05, 0) is 47.2 Å². The minimum Gasteiger partial charge on any atom is -0.476 e. The van der Waals surface area contributed by atoms with E-state index in [1.54, 1.807) is 0 Å². The second-order valence-electron chi connectivity index (χ2n) is 7.63. The van der Waals surface area contributed by atoms with E-state index in [4.69, 9.17) is 9.84 Å². The molecule has 0 heterocycles. The zero-order valence-corrected chi connectivity index (χ0v) is 20.5. The third-order valence-electron chi connectivity index (χ3n) is 5.37. The Labute approximate surface area is 207 Å². The monoisotopic (exact) mass is 475 g/mol. The molecule has 35 heavy (non-hydrogen) atoms. The number of ketones is 1.